The van der Waals surface area contributed by atoms with Gasteiger partial charge in [-0.25, -0.2) is 4.52 Å². The van der Waals surface area contributed by atoms with Gasteiger partial charge in [0, 0.05) is 29.6 Å². The Hall–Kier alpha value is -4.38. The minimum absolute atomic E-state index is 0.0162. The van der Waals surface area contributed by atoms with Gasteiger partial charge in [0.15, 0.2) is 5.82 Å². The number of hydrogen-bond acceptors (Lipinski definition) is 7. The quantitative estimate of drug-likeness (QED) is 0.375. The van der Waals surface area contributed by atoms with Crippen molar-refractivity contribution in [1.29, 1.82) is 0 Å². The van der Waals surface area contributed by atoms with Gasteiger partial charge in [0.05, 0.1) is 42.3 Å². The second kappa shape index (κ2) is 8.44. The number of fused-ring (bicyclic) bond motifs is 1. The van der Waals surface area contributed by atoms with Crippen molar-refractivity contribution >= 4 is 17.1 Å². The lowest BCUT2D eigenvalue weighted by Crippen LogP contribution is -2.13. The highest BCUT2D eigenvalue weighted by molar-refractivity contribution is 6.09. The van der Waals surface area contributed by atoms with E-state index in [2.05, 4.69) is 30.9 Å². The van der Waals surface area contributed by atoms with Crippen molar-refractivity contribution < 1.29 is 9.90 Å². The molecule has 4 aromatic heterocycles. The first-order chi connectivity index (χ1) is 17.1. The van der Waals surface area contributed by atoms with Crippen LogP contribution in [0.1, 0.15) is 40.5 Å². The monoisotopic (exact) mass is 469 g/mol. The lowest BCUT2D eigenvalue weighted by atomic mass is 10.1. The van der Waals surface area contributed by atoms with Crippen LogP contribution in [-0.4, -0.2) is 57.2 Å². The van der Waals surface area contributed by atoms with Crippen molar-refractivity contribution in [2.45, 2.75) is 32.2 Å². The number of tetrazole rings is 1. The number of carbonyl (C=O) groups excluding carboxylic acids is 1. The molecule has 0 radical (unpaired) electrons. The maximum Gasteiger partial charge on any atom is 0.259 e. The molecule has 0 aliphatic heterocycles. The largest absolute Gasteiger partial charge is 0.394 e. The van der Waals surface area contributed by atoms with Crippen LogP contribution in [0.5, 0.6) is 0 Å². The van der Waals surface area contributed by atoms with Crippen molar-refractivity contribution in [2.75, 3.05) is 11.9 Å². The molecule has 5 aromatic rings. The third-order valence-electron chi connectivity index (χ3n) is 6.13. The van der Waals surface area contributed by atoms with Gasteiger partial charge in [0.2, 0.25) is 0 Å². The molecule has 4 heterocycles. The third kappa shape index (κ3) is 4.06. The molecule has 0 atom stereocenters. The number of aromatic nitrogens is 8. The smallest absolute Gasteiger partial charge is 0.259 e. The fourth-order valence-electron chi connectivity index (χ4n) is 3.97. The van der Waals surface area contributed by atoms with Gasteiger partial charge in [-0.05, 0) is 60.4 Å². The van der Waals surface area contributed by atoms with E-state index in [0.717, 1.165) is 41.0 Å². The topological polar surface area (TPSA) is 128 Å². The molecule has 1 saturated carbocycles. The Morgan fingerprint density at radius 2 is 2.03 bits per heavy atom. The number of hydrogen-bond donors (Lipinski definition) is 2. The Kier molecular flexibility index (Phi) is 5.10. The standard InChI is InChI=1S/C24H23N9O2/c1-15-2-5-19(33-29-23(28-30-33)16-3-4-16)11-21(15)27-24(35)20-13-26-32-7-6-17(10-22(20)32)18-12-25-31(14-18)8-9-34/h2,5-7,10-14,16,34H,3-4,8-9H2,1H3,(H,27,35). The summed E-state index contributed by atoms with van der Waals surface area (Å²) < 4.78 is 3.34. The Morgan fingerprint density at radius 3 is 2.86 bits per heavy atom. The summed E-state index contributed by atoms with van der Waals surface area (Å²) in [5.74, 6) is 0.914. The summed E-state index contributed by atoms with van der Waals surface area (Å²) in [4.78, 5) is 14.8. The van der Waals surface area contributed by atoms with E-state index in [1.165, 1.54) is 4.80 Å². The molecular formula is C24H23N9O2. The number of carbonyl (C=O) groups is 1. The summed E-state index contributed by atoms with van der Waals surface area (Å²) in [6, 6.07) is 9.49. The molecule has 1 amide bonds. The van der Waals surface area contributed by atoms with E-state index in [9.17, 15) is 4.79 Å². The van der Waals surface area contributed by atoms with Crippen LogP contribution in [0, 0.1) is 6.92 Å². The van der Waals surface area contributed by atoms with Crippen molar-refractivity contribution in [3.8, 4) is 16.8 Å². The van der Waals surface area contributed by atoms with Crippen LogP contribution in [0.3, 0.4) is 0 Å². The average Bonchev–Trinajstić information content (AvgIpc) is 3.24. The van der Waals surface area contributed by atoms with Crippen LogP contribution in [0.4, 0.5) is 5.69 Å². The molecular weight excluding hydrogens is 446 g/mol. The molecule has 1 fully saturated rings. The number of pyridine rings is 1. The van der Waals surface area contributed by atoms with Gasteiger partial charge in [-0.1, -0.05) is 6.07 Å². The molecule has 1 aliphatic rings. The van der Waals surface area contributed by atoms with E-state index in [0.29, 0.717) is 29.2 Å². The summed E-state index contributed by atoms with van der Waals surface area (Å²) in [6.45, 7) is 2.37. The van der Waals surface area contributed by atoms with Crippen LogP contribution in [0.15, 0.2) is 55.1 Å². The van der Waals surface area contributed by atoms with Gasteiger partial charge in [0.1, 0.15) is 0 Å². The zero-order valence-electron chi connectivity index (χ0n) is 19.0. The van der Waals surface area contributed by atoms with Crippen LogP contribution >= 0.6 is 0 Å². The molecule has 11 nitrogen and oxygen atoms in total. The maximum absolute atomic E-state index is 13.3. The second-order valence-corrected chi connectivity index (χ2v) is 8.68. The molecule has 1 aromatic carbocycles. The van der Waals surface area contributed by atoms with Gasteiger partial charge in [-0.15, -0.1) is 15.0 Å². The fourth-order valence-corrected chi connectivity index (χ4v) is 3.97. The van der Waals surface area contributed by atoms with E-state index >= 15 is 0 Å². The molecule has 0 unspecified atom stereocenters. The van der Waals surface area contributed by atoms with Gasteiger partial charge in [-0.3, -0.25) is 9.48 Å². The van der Waals surface area contributed by atoms with Gasteiger partial charge in [0.25, 0.3) is 5.91 Å². The Bertz CT molecular complexity index is 1540. The molecule has 6 rings (SSSR count). The Morgan fingerprint density at radius 1 is 1.14 bits per heavy atom. The molecule has 35 heavy (non-hydrogen) atoms. The molecule has 0 saturated heterocycles. The van der Waals surface area contributed by atoms with Crippen LogP contribution in [0.25, 0.3) is 22.3 Å². The minimum atomic E-state index is -0.265. The highest BCUT2D eigenvalue weighted by Gasteiger charge is 2.28. The van der Waals surface area contributed by atoms with Gasteiger partial charge in [-0.2, -0.15) is 10.2 Å². The Balaban J connectivity index is 1.28. The van der Waals surface area contributed by atoms with Gasteiger partial charge >= 0.3 is 0 Å². The first-order valence-corrected chi connectivity index (χ1v) is 11.4. The average molecular weight is 470 g/mol. The number of rotatable bonds is 7. The van der Waals surface area contributed by atoms with E-state index in [-0.39, 0.29) is 12.5 Å². The summed E-state index contributed by atoms with van der Waals surface area (Å²) in [7, 11) is 0. The maximum atomic E-state index is 13.3. The number of nitrogens with one attached hydrogen (secondary N) is 1. The molecule has 0 bridgehead atoms. The number of aryl methyl sites for hydroxylation is 1. The number of nitrogens with zero attached hydrogens (tertiary/aromatic N) is 8. The fraction of sp³-hybridized carbons (Fsp3) is 0.250. The van der Waals surface area contributed by atoms with Crippen molar-refractivity contribution in [3.05, 3.63) is 72.1 Å². The molecule has 2 N–H and O–H groups in total. The number of amides is 1. The van der Waals surface area contributed by atoms with Crippen LogP contribution in [-0.2, 0) is 6.54 Å². The first kappa shape index (κ1) is 21.2. The molecule has 0 spiro atoms. The summed E-state index contributed by atoms with van der Waals surface area (Å²) in [5, 5.41) is 33.5. The zero-order chi connectivity index (χ0) is 23.9. The third-order valence-corrected chi connectivity index (χ3v) is 6.13. The molecule has 176 valence electrons. The molecule has 11 heteroatoms. The lowest BCUT2D eigenvalue weighted by molar-refractivity contribution is 0.102. The second-order valence-electron chi connectivity index (χ2n) is 8.68. The number of anilines is 1. The predicted molar refractivity (Wildman–Crippen MR) is 127 cm³/mol. The minimum Gasteiger partial charge on any atom is -0.394 e. The highest BCUT2D eigenvalue weighted by Crippen LogP contribution is 2.37. The van der Waals surface area contributed by atoms with E-state index < -0.39 is 0 Å². The van der Waals surface area contributed by atoms with E-state index in [4.69, 9.17) is 5.11 Å². The zero-order valence-corrected chi connectivity index (χ0v) is 19.0. The molecule has 1 aliphatic carbocycles. The van der Waals surface area contributed by atoms with Crippen LogP contribution < -0.4 is 5.32 Å². The van der Waals surface area contributed by atoms with Crippen molar-refractivity contribution in [2.24, 2.45) is 0 Å². The van der Waals surface area contributed by atoms with E-state index in [1.54, 1.807) is 21.6 Å². The van der Waals surface area contributed by atoms with Crippen molar-refractivity contribution in [1.82, 2.24) is 39.6 Å². The lowest BCUT2D eigenvalue weighted by Gasteiger charge is -2.10. The summed E-state index contributed by atoms with van der Waals surface area (Å²) in [6.07, 6.45) is 9.17. The SMILES string of the molecule is Cc1ccc(-n2nnc(C3CC3)n2)cc1NC(=O)c1cnn2ccc(-c3cnn(CCO)c3)cc12. The van der Waals surface area contributed by atoms with Crippen LogP contribution in [0.2, 0.25) is 0 Å². The number of aliphatic hydroxyl groups is 1. The highest BCUT2D eigenvalue weighted by atomic mass is 16.3. The number of benzene rings is 1. The first-order valence-electron chi connectivity index (χ1n) is 11.4. The number of aliphatic hydroxyl groups excluding tert-OH is 1. The van der Waals surface area contributed by atoms with Gasteiger partial charge < -0.3 is 10.4 Å². The van der Waals surface area contributed by atoms with Crippen molar-refractivity contribution in [3.63, 3.8) is 0 Å². The summed E-state index contributed by atoms with van der Waals surface area (Å²) in [5.41, 5.74) is 5.23. The summed E-state index contributed by atoms with van der Waals surface area (Å²) >= 11 is 0. The Labute approximate surface area is 200 Å². The van der Waals surface area contributed by atoms with E-state index in [1.807, 2.05) is 49.6 Å². The predicted octanol–water partition coefficient (Wildman–Crippen LogP) is 2.60. The normalized spacial score (nSPS) is 13.4.